The maximum Gasteiger partial charge on any atom is 0.307 e. The molecule has 0 aromatic heterocycles. The summed E-state index contributed by atoms with van der Waals surface area (Å²) in [7, 11) is 2.14. The van der Waals surface area contributed by atoms with Crippen LogP contribution in [0, 0.1) is 5.92 Å². The summed E-state index contributed by atoms with van der Waals surface area (Å²) in [5, 5.41) is 15.3. The van der Waals surface area contributed by atoms with Gasteiger partial charge in [-0.15, -0.1) is 11.8 Å². The number of hydrogen-bond donors (Lipinski definition) is 2. The van der Waals surface area contributed by atoms with Crippen LogP contribution in [0.4, 0.5) is 5.69 Å². The summed E-state index contributed by atoms with van der Waals surface area (Å²) in [5.41, 5.74) is 4.79. The van der Waals surface area contributed by atoms with E-state index in [0.717, 1.165) is 52.2 Å². The van der Waals surface area contributed by atoms with Crippen LogP contribution in [0.3, 0.4) is 0 Å². The number of rotatable bonds is 6. The number of aryl methyl sites for hydroxylation is 1. The third-order valence-corrected chi connectivity index (χ3v) is 10.2. The monoisotopic (exact) mass is 596 g/mol. The zero-order valence-electron chi connectivity index (χ0n) is 22.9. The highest BCUT2D eigenvalue weighted by Gasteiger charge is 2.40. The molecule has 1 fully saturated rings. The topological polar surface area (TPSA) is 75.8 Å². The maximum atomic E-state index is 10.6. The highest BCUT2D eigenvalue weighted by atomic mass is 35.5. The zero-order chi connectivity index (χ0) is 28.1. The molecule has 3 aliphatic rings. The summed E-state index contributed by atoms with van der Waals surface area (Å²) in [6, 6.07) is 20.4. The number of nitrogens with two attached hydrogens (primary N) is 1. The molecule has 2 aliphatic carbocycles. The van der Waals surface area contributed by atoms with E-state index in [1.54, 1.807) is 0 Å². The van der Waals surface area contributed by atoms with Crippen molar-refractivity contribution >= 4 is 47.0 Å². The zero-order valence-corrected chi connectivity index (χ0v) is 25.3. The molecule has 1 aliphatic heterocycles. The third-order valence-electron chi connectivity index (χ3n) is 8.23. The van der Waals surface area contributed by atoms with Crippen molar-refractivity contribution < 1.29 is 14.6 Å². The fraction of sp³-hybridized carbons (Fsp3) is 0.406. The number of benzene rings is 3. The second-order valence-corrected chi connectivity index (χ2v) is 13.4. The van der Waals surface area contributed by atoms with E-state index in [-0.39, 0.29) is 11.8 Å². The summed E-state index contributed by atoms with van der Waals surface area (Å²) in [6.07, 6.45) is 7.64. The van der Waals surface area contributed by atoms with E-state index in [1.807, 2.05) is 48.2 Å². The van der Waals surface area contributed by atoms with Crippen molar-refractivity contribution in [2.75, 3.05) is 30.9 Å². The number of ether oxygens (including phenoxy) is 1. The first-order valence-electron chi connectivity index (χ1n) is 13.9. The molecule has 0 unspecified atom stereocenters. The van der Waals surface area contributed by atoms with Crippen LogP contribution in [0.5, 0.6) is 5.75 Å². The van der Waals surface area contributed by atoms with Crippen LogP contribution in [0.15, 0.2) is 70.5 Å². The lowest BCUT2D eigenvalue weighted by atomic mass is 9.70. The van der Waals surface area contributed by atoms with Crippen LogP contribution in [0.2, 0.25) is 5.02 Å². The first kappa shape index (κ1) is 29.2. The van der Waals surface area contributed by atoms with Gasteiger partial charge in [0, 0.05) is 39.6 Å². The lowest BCUT2D eigenvalue weighted by Crippen LogP contribution is -2.44. The molecule has 1 atom stereocenters. The first-order chi connectivity index (χ1) is 19.3. The fourth-order valence-electron chi connectivity index (χ4n) is 5.94. The Labute approximate surface area is 250 Å². The predicted octanol–water partition coefficient (Wildman–Crippen LogP) is 7.61. The smallest absolute Gasteiger partial charge is 0.307 e. The number of fused-ring (bicyclic) bond motifs is 3. The van der Waals surface area contributed by atoms with E-state index in [1.165, 1.54) is 59.4 Å². The Hall–Kier alpha value is -2.32. The Morgan fingerprint density at radius 3 is 2.73 bits per heavy atom. The molecule has 0 amide bonds. The Morgan fingerprint density at radius 2 is 1.98 bits per heavy atom. The van der Waals surface area contributed by atoms with Gasteiger partial charge >= 0.3 is 5.97 Å². The molecular formula is C32H37ClN2O3S2. The Kier molecular flexibility index (Phi) is 9.56. The van der Waals surface area contributed by atoms with E-state index in [4.69, 9.17) is 26.6 Å². The molecule has 5 nitrogen and oxygen atoms in total. The quantitative estimate of drug-likeness (QED) is 0.224. The number of carboxylic acids is 1. The van der Waals surface area contributed by atoms with Gasteiger partial charge in [0.2, 0.25) is 0 Å². The number of aliphatic carboxylic acids is 1. The van der Waals surface area contributed by atoms with Crippen molar-refractivity contribution in [3.05, 3.63) is 82.4 Å². The van der Waals surface area contributed by atoms with Crippen molar-refractivity contribution in [1.29, 1.82) is 0 Å². The molecule has 6 rings (SSSR count). The van der Waals surface area contributed by atoms with Gasteiger partial charge in [-0.05, 0) is 109 Å². The molecule has 8 heteroatoms. The normalized spacial score (nSPS) is 19.8. The molecular weight excluding hydrogens is 560 g/mol. The molecule has 0 saturated heterocycles. The second kappa shape index (κ2) is 13.1. The van der Waals surface area contributed by atoms with Crippen LogP contribution >= 0.6 is 35.3 Å². The summed E-state index contributed by atoms with van der Waals surface area (Å²) >= 11 is 9.34. The number of likely N-dealkylation sites (N-methyl/N-ethyl adjacent to an activating group) is 1. The summed E-state index contributed by atoms with van der Waals surface area (Å²) in [5.74, 6) is 2.24. The summed E-state index contributed by atoms with van der Waals surface area (Å²) in [6.45, 7) is 1.64. The number of carbonyl (C=O) groups is 1. The highest BCUT2D eigenvalue weighted by molar-refractivity contribution is 7.99. The van der Waals surface area contributed by atoms with Gasteiger partial charge in [-0.1, -0.05) is 36.2 Å². The van der Waals surface area contributed by atoms with Crippen LogP contribution < -0.4 is 14.8 Å². The minimum absolute atomic E-state index is 0.0158. The SMILES string of the molecule is CN1C[C@@]2(CCCc3cc(Cl)ccc32)COc2ccc(SN)cc21.O=C(O)Cc1cccc(SCC2CCC2)c1. The van der Waals surface area contributed by atoms with Crippen molar-refractivity contribution in [3.8, 4) is 5.75 Å². The van der Waals surface area contributed by atoms with Gasteiger partial charge in [-0.3, -0.25) is 9.93 Å². The molecule has 3 N–H and O–H groups in total. The number of carboxylic acid groups (broad SMARTS) is 1. The van der Waals surface area contributed by atoms with E-state index in [0.29, 0.717) is 6.61 Å². The van der Waals surface area contributed by atoms with Crippen LogP contribution in [0.25, 0.3) is 0 Å². The lowest BCUT2D eigenvalue weighted by Gasteiger charge is -2.39. The van der Waals surface area contributed by atoms with Gasteiger partial charge in [0.1, 0.15) is 5.75 Å². The summed E-state index contributed by atoms with van der Waals surface area (Å²) in [4.78, 5) is 15.2. The fourth-order valence-corrected chi connectivity index (χ4v) is 7.63. The average molecular weight is 597 g/mol. The molecule has 1 heterocycles. The molecule has 1 spiro atoms. The molecule has 1 saturated carbocycles. The van der Waals surface area contributed by atoms with Crippen molar-refractivity contribution in [3.63, 3.8) is 0 Å². The standard InChI is InChI=1S/C19H21ClN2OS.C13H16O2S/c1-22-11-19(8-2-3-13-9-14(20)4-6-16(13)19)12-23-18-7-5-15(24-21)10-17(18)22;14-13(15)8-11-5-2-6-12(7-11)16-9-10-3-1-4-10/h4-7,9-10H,2-3,8,11-12,21H2,1H3;2,5-7,10H,1,3-4,8-9H2,(H,14,15)/t19-;/m0./s1. The Balaban J connectivity index is 0.000000176. The van der Waals surface area contributed by atoms with Crippen molar-refractivity contribution in [1.82, 2.24) is 0 Å². The molecule has 3 aromatic rings. The predicted molar refractivity (Wildman–Crippen MR) is 167 cm³/mol. The maximum absolute atomic E-state index is 10.6. The minimum atomic E-state index is -0.763. The third kappa shape index (κ3) is 6.93. The minimum Gasteiger partial charge on any atom is -0.490 e. The van der Waals surface area contributed by atoms with E-state index >= 15 is 0 Å². The molecule has 3 aromatic carbocycles. The number of halogens is 1. The van der Waals surface area contributed by atoms with E-state index < -0.39 is 5.97 Å². The van der Waals surface area contributed by atoms with Crippen LogP contribution in [0.1, 0.15) is 48.8 Å². The number of hydrogen-bond acceptors (Lipinski definition) is 6. The lowest BCUT2D eigenvalue weighted by molar-refractivity contribution is -0.136. The first-order valence-corrected chi connectivity index (χ1v) is 16.2. The molecule has 40 heavy (non-hydrogen) atoms. The van der Waals surface area contributed by atoms with Crippen molar-refractivity contribution in [2.45, 2.75) is 60.2 Å². The van der Waals surface area contributed by atoms with E-state index in [2.05, 4.69) is 36.2 Å². The van der Waals surface area contributed by atoms with Gasteiger partial charge in [0.05, 0.1) is 18.7 Å². The second-order valence-electron chi connectivity index (χ2n) is 11.2. The van der Waals surface area contributed by atoms with Gasteiger partial charge in [0.15, 0.2) is 0 Å². The Morgan fingerprint density at radius 1 is 1.12 bits per heavy atom. The molecule has 0 radical (unpaired) electrons. The Bertz CT molecular complexity index is 1350. The van der Waals surface area contributed by atoms with Crippen LogP contribution in [-0.4, -0.2) is 37.0 Å². The average Bonchev–Trinajstić information content (AvgIpc) is 3.04. The number of thioether (sulfide) groups is 1. The van der Waals surface area contributed by atoms with Crippen molar-refractivity contribution in [2.24, 2.45) is 11.1 Å². The number of anilines is 1. The van der Waals surface area contributed by atoms with Gasteiger partial charge in [-0.2, -0.15) is 0 Å². The highest BCUT2D eigenvalue weighted by Crippen LogP contribution is 2.44. The largest absolute Gasteiger partial charge is 0.490 e. The van der Waals surface area contributed by atoms with Gasteiger partial charge < -0.3 is 14.7 Å². The summed E-state index contributed by atoms with van der Waals surface area (Å²) < 4.78 is 6.27. The van der Waals surface area contributed by atoms with Gasteiger partial charge in [-0.25, -0.2) is 0 Å². The molecule has 212 valence electrons. The van der Waals surface area contributed by atoms with Crippen LogP contribution in [-0.2, 0) is 23.1 Å². The number of nitrogens with zero attached hydrogens (tertiary/aromatic N) is 1. The van der Waals surface area contributed by atoms with E-state index in [9.17, 15) is 4.79 Å². The van der Waals surface area contributed by atoms with Gasteiger partial charge in [0.25, 0.3) is 0 Å². The molecule has 0 bridgehead atoms.